The molecule has 0 radical (unpaired) electrons. The summed E-state index contributed by atoms with van der Waals surface area (Å²) in [4.78, 5) is 11.7. The van der Waals surface area contributed by atoms with Gasteiger partial charge in [0.15, 0.2) is 0 Å². The van der Waals surface area contributed by atoms with Gasteiger partial charge in [0, 0.05) is 5.69 Å². The van der Waals surface area contributed by atoms with Crippen molar-refractivity contribution in [3.8, 4) is 0 Å². The molecule has 0 fully saturated rings. The van der Waals surface area contributed by atoms with Crippen molar-refractivity contribution in [3.05, 3.63) is 34.8 Å². The van der Waals surface area contributed by atoms with E-state index in [1.165, 1.54) is 5.56 Å². The van der Waals surface area contributed by atoms with Gasteiger partial charge >= 0.3 is 0 Å². The van der Waals surface area contributed by atoms with Gasteiger partial charge in [0.25, 0.3) is 5.91 Å². The molecule has 0 saturated carbocycles. The van der Waals surface area contributed by atoms with E-state index in [1.807, 2.05) is 24.3 Å². The molecule has 0 atom stereocenters. The summed E-state index contributed by atoms with van der Waals surface area (Å²) in [7, 11) is 0. The van der Waals surface area contributed by atoms with Gasteiger partial charge in [-0.1, -0.05) is 30.4 Å². The number of nitrogens with two attached hydrogens (primary N) is 1. The normalized spacial score (nSPS) is 10.2. The van der Waals surface area contributed by atoms with Crippen LogP contribution in [0.1, 0.15) is 22.3 Å². The predicted octanol–water partition coefficient (Wildman–Crippen LogP) is 1.93. The first-order chi connectivity index (χ1) is 8.19. The topological polar surface area (TPSA) is 80.9 Å². The molecule has 3 N–H and O–H groups in total. The zero-order valence-electron chi connectivity index (χ0n) is 9.30. The minimum atomic E-state index is -0.288. The van der Waals surface area contributed by atoms with Gasteiger partial charge in [0.1, 0.15) is 0 Å². The standard InChI is InChI=1S/C11H12N4OS/c1-2-7-3-5-8(6-4-7)13-9(16)10-14-15-11(12)17-10/h3-6H,2H2,1H3,(H2,12,15)(H,13,16). The largest absolute Gasteiger partial charge is 0.374 e. The van der Waals surface area contributed by atoms with Crippen LogP contribution in [-0.4, -0.2) is 16.1 Å². The molecule has 1 heterocycles. The fourth-order valence-electron chi connectivity index (χ4n) is 1.33. The van der Waals surface area contributed by atoms with Crippen molar-refractivity contribution >= 4 is 28.1 Å². The zero-order valence-corrected chi connectivity index (χ0v) is 10.1. The van der Waals surface area contributed by atoms with E-state index in [0.717, 1.165) is 23.4 Å². The summed E-state index contributed by atoms with van der Waals surface area (Å²) in [6.45, 7) is 2.08. The molecular formula is C11H12N4OS. The molecule has 88 valence electrons. The van der Waals surface area contributed by atoms with Crippen molar-refractivity contribution in [3.63, 3.8) is 0 Å². The molecule has 5 nitrogen and oxygen atoms in total. The SMILES string of the molecule is CCc1ccc(NC(=O)c2nnc(N)s2)cc1. The van der Waals surface area contributed by atoms with Crippen LogP contribution < -0.4 is 11.1 Å². The van der Waals surface area contributed by atoms with E-state index >= 15 is 0 Å². The van der Waals surface area contributed by atoms with Crippen LogP contribution in [-0.2, 0) is 6.42 Å². The molecule has 1 aromatic heterocycles. The lowest BCUT2D eigenvalue weighted by Crippen LogP contribution is -2.11. The number of rotatable bonds is 3. The Bertz CT molecular complexity index is 521. The minimum absolute atomic E-state index is 0.266. The van der Waals surface area contributed by atoms with Crippen molar-refractivity contribution in [2.24, 2.45) is 0 Å². The summed E-state index contributed by atoms with van der Waals surface area (Å²) >= 11 is 1.07. The number of benzene rings is 1. The Balaban J connectivity index is 2.07. The molecule has 0 aliphatic carbocycles. The molecule has 0 bridgehead atoms. The van der Waals surface area contributed by atoms with E-state index in [0.29, 0.717) is 0 Å². The highest BCUT2D eigenvalue weighted by Crippen LogP contribution is 2.15. The van der Waals surface area contributed by atoms with Crippen LogP contribution in [0.5, 0.6) is 0 Å². The fourth-order valence-corrected chi connectivity index (χ4v) is 1.84. The molecule has 0 unspecified atom stereocenters. The van der Waals surface area contributed by atoms with E-state index in [9.17, 15) is 4.79 Å². The van der Waals surface area contributed by atoms with E-state index in [-0.39, 0.29) is 16.0 Å². The third-order valence-corrected chi connectivity index (χ3v) is 3.01. The molecule has 1 aromatic carbocycles. The third-order valence-electron chi connectivity index (χ3n) is 2.25. The molecule has 2 rings (SSSR count). The maximum Gasteiger partial charge on any atom is 0.286 e. The van der Waals surface area contributed by atoms with Gasteiger partial charge in [-0.05, 0) is 24.1 Å². The lowest BCUT2D eigenvalue weighted by molar-refractivity contribution is 0.102. The quantitative estimate of drug-likeness (QED) is 0.869. The van der Waals surface area contributed by atoms with Crippen molar-refractivity contribution < 1.29 is 4.79 Å². The number of nitrogens with one attached hydrogen (secondary N) is 1. The Morgan fingerprint density at radius 1 is 1.35 bits per heavy atom. The molecular weight excluding hydrogens is 236 g/mol. The first-order valence-electron chi connectivity index (χ1n) is 5.18. The van der Waals surface area contributed by atoms with Crippen LogP contribution in [0, 0.1) is 0 Å². The highest BCUT2D eigenvalue weighted by molar-refractivity contribution is 7.16. The summed E-state index contributed by atoms with van der Waals surface area (Å²) in [6, 6.07) is 7.68. The molecule has 6 heteroatoms. The van der Waals surface area contributed by atoms with Crippen LogP contribution >= 0.6 is 11.3 Å². The molecule has 17 heavy (non-hydrogen) atoms. The van der Waals surface area contributed by atoms with Crippen LogP contribution in [0.4, 0.5) is 10.8 Å². The van der Waals surface area contributed by atoms with Gasteiger partial charge in [-0.15, -0.1) is 10.2 Å². The summed E-state index contributed by atoms with van der Waals surface area (Å²) < 4.78 is 0. The van der Waals surface area contributed by atoms with Crippen molar-refractivity contribution in [2.75, 3.05) is 11.1 Å². The minimum Gasteiger partial charge on any atom is -0.374 e. The van der Waals surface area contributed by atoms with Crippen LogP contribution in [0.3, 0.4) is 0 Å². The number of hydrogen-bond acceptors (Lipinski definition) is 5. The maximum absolute atomic E-state index is 11.7. The van der Waals surface area contributed by atoms with Crippen LogP contribution in [0.2, 0.25) is 0 Å². The lowest BCUT2D eigenvalue weighted by atomic mass is 10.1. The number of aromatic nitrogens is 2. The van der Waals surface area contributed by atoms with Crippen molar-refractivity contribution in [1.29, 1.82) is 0 Å². The fraction of sp³-hybridized carbons (Fsp3) is 0.182. The summed E-state index contributed by atoms with van der Waals surface area (Å²) in [5.41, 5.74) is 7.37. The molecule has 0 spiro atoms. The average molecular weight is 248 g/mol. The van der Waals surface area contributed by atoms with Crippen molar-refractivity contribution in [1.82, 2.24) is 10.2 Å². The van der Waals surface area contributed by atoms with Crippen LogP contribution in [0.15, 0.2) is 24.3 Å². The first-order valence-corrected chi connectivity index (χ1v) is 6.00. The second-order valence-corrected chi connectivity index (χ2v) is 4.46. The van der Waals surface area contributed by atoms with Gasteiger partial charge < -0.3 is 11.1 Å². The summed E-state index contributed by atoms with van der Waals surface area (Å²) in [5.74, 6) is -0.288. The van der Waals surface area contributed by atoms with E-state index in [2.05, 4.69) is 22.4 Å². The predicted molar refractivity (Wildman–Crippen MR) is 68.1 cm³/mol. The van der Waals surface area contributed by atoms with Crippen LogP contribution in [0.25, 0.3) is 0 Å². The Hall–Kier alpha value is -1.95. The number of carbonyl (C=O) groups excluding carboxylic acids is 1. The summed E-state index contributed by atoms with van der Waals surface area (Å²) in [5, 5.41) is 10.6. The highest BCUT2D eigenvalue weighted by atomic mass is 32.1. The molecule has 0 saturated heterocycles. The number of carbonyl (C=O) groups is 1. The lowest BCUT2D eigenvalue weighted by Gasteiger charge is -2.03. The average Bonchev–Trinajstić information content (AvgIpc) is 2.77. The summed E-state index contributed by atoms with van der Waals surface area (Å²) in [6.07, 6.45) is 0.973. The van der Waals surface area contributed by atoms with Gasteiger partial charge in [-0.3, -0.25) is 4.79 Å². The number of hydrogen-bond donors (Lipinski definition) is 2. The van der Waals surface area contributed by atoms with E-state index < -0.39 is 0 Å². The zero-order chi connectivity index (χ0) is 12.3. The number of aryl methyl sites for hydroxylation is 1. The Labute approximate surface area is 103 Å². The van der Waals surface area contributed by atoms with Crippen molar-refractivity contribution in [2.45, 2.75) is 13.3 Å². The number of nitrogens with zero attached hydrogens (tertiary/aromatic N) is 2. The number of amides is 1. The smallest absolute Gasteiger partial charge is 0.286 e. The monoisotopic (exact) mass is 248 g/mol. The second-order valence-electron chi connectivity index (χ2n) is 3.45. The Morgan fingerprint density at radius 3 is 2.59 bits per heavy atom. The maximum atomic E-state index is 11.7. The highest BCUT2D eigenvalue weighted by Gasteiger charge is 2.11. The van der Waals surface area contributed by atoms with Gasteiger partial charge in [-0.2, -0.15) is 0 Å². The molecule has 1 amide bonds. The number of nitrogen functional groups attached to an aromatic ring is 1. The molecule has 0 aliphatic rings. The Morgan fingerprint density at radius 2 is 2.06 bits per heavy atom. The van der Waals surface area contributed by atoms with E-state index in [1.54, 1.807) is 0 Å². The third kappa shape index (κ3) is 2.79. The van der Waals surface area contributed by atoms with Gasteiger partial charge in [-0.25, -0.2) is 0 Å². The van der Waals surface area contributed by atoms with Gasteiger partial charge in [0.2, 0.25) is 10.1 Å². The Kier molecular flexibility index (Phi) is 3.34. The second kappa shape index (κ2) is 4.92. The number of anilines is 2. The molecule has 2 aromatic rings. The first kappa shape index (κ1) is 11.5. The van der Waals surface area contributed by atoms with E-state index in [4.69, 9.17) is 5.73 Å². The molecule has 0 aliphatic heterocycles. The van der Waals surface area contributed by atoms with Gasteiger partial charge in [0.05, 0.1) is 0 Å².